The fourth-order valence-corrected chi connectivity index (χ4v) is 5.31. The van der Waals surface area contributed by atoms with Gasteiger partial charge in [-0.05, 0) is 54.5 Å². The number of carboxylic acids is 2. The van der Waals surface area contributed by atoms with Crippen molar-refractivity contribution in [3.8, 4) is 0 Å². The minimum Gasteiger partial charge on any atom is -0.481 e. The van der Waals surface area contributed by atoms with Gasteiger partial charge in [-0.3, -0.25) is 9.59 Å². The Morgan fingerprint density at radius 2 is 1.24 bits per heavy atom. The van der Waals surface area contributed by atoms with Crippen molar-refractivity contribution in [3.05, 3.63) is 113 Å². The summed E-state index contributed by atoms with van der Waals surface area (Å²) in [7, 11) is 0. The number of aryl methyl sites for hydroxylation is 1. The average molecular weight is 441 g/mol. The first kappa shape index (κ1) is 22.5. The normalized spacial score (nSPS) is 18.8. The van der Waals surface area contributed by atoms with Crippen molar-refractivity contribution in [1.29, 1.82) is 0 Å². The molecule has 0 bridgehead atoms. The third-order valence-corrected chi connectivity index (χ3v) is 6.84. The third kappa shape index (κ3) is 4.21. The van der Waals surface area contributed by atoms with Crippen LogP contribution in [-0.2, 0) is 27.8 Å². The molecule has 0 saturated carbocycles. The zero-order chi connectivity index (χ0) is 23.6. The maximum absolute atomic E-state index is 12.9. The lowest BCUT2D eigenvalue weighted by atomic mass is 9.60. The van der Waals surface area contributed by atoms with Gasteiger partial charge >= 0.3 is 11.9 Å². The van der Waals surface area contributed by atoms with E-state index in [-0.39, 0.29) is 12.8 Å². The number of carboxylic acid groups (broad SMARTS) is 2. The highest BCUT2D eigenvalue weighted by molar-refractivity contribution is 5.86. The van der Waals surface area contributed by atoms with E-state index in [0.717, 1.165) is 33.4 Å². The molecule has 0 fully saturated rings. The minimum absolute atomic E-state index is 0.242. The van der Waals surface area contributed by atoms with Gasteiger partial charge in [0.05, 0.1) is 11.8 Å². The van der Waals surface area contributed by atoms with Gasteiger partial charge in [-0.1, -0.05) is 90.5 Å². The van der Waals surface area contributed by atoms with Crippen molar-refractivity contribution in [2.75, 3.05) is 0 Å². The Labute approximate surface area is 194 Å². The Morgan fingerprint density at radius 3 is 1.70 bits per heavy atom. The number of benzene rings is 3. The average Bonchev–Trinajstić information content (AvgIpc) is 3.08. The fraction of sp³-hybridized carbons (Fsp3) is 0.241. The van der Waals surface area contributed by atoms with Gasteiger partial charge < -0.3 is 10.2 Å². The van der Waals surface area contributed by atoms with Gasteiger partial charge in [-0.25, -0.2) is 0 Å². The van der Waals surface area contributed by atoms with E-state index in [1.54, 1.807) is 0 Å². The molecule has 3 aromatic carbocycles. The van der Waals surface area contributed by atoms with Crippen molar-refractivity contribution < 1.29 is 19.8 Å². The van der Waals surface area contributed by atoms with Crippen LogP contribution < -0.4 is 0 Å². The molecule has 0 spiro atoms. The Hall–Kier alpha value is -3.66. The monoisotopic (exact) mass is 440 g/mol. The molecule has 3 aromatic rings. The number of carbonyl (C=O) groups is 2. The Bertz CT molecular complexity index is 1140. The van der Waals surface area contributed by atoms with Crippen LogP contribution in [0.5, 0.6) is 0 Å². The summed E-state index contributed by atoms with van der Waals surface area (Å²) in [5.41, 5.74) is 4.19. The lowest BCUT2D eigenvalue weighted by Crippen LogP contribution is -2.48. The zero-order valence-corrected chi connectivity index (χ0v) is 18.9. The lowest BCUT2D eigenvalue weighted by Gasteiger charge is -2.40. The van der Waals surface area contributed by atoms with Crippen molar-refractivity contribution in [2.24, 2.45) is 11.8 Å². The lowest BCUT2D eigenvalue weighted by molar-refractivity contribution is -0.149. The number of hydrogen-bond donors (Lipinski definition) is 2. The quantitative estimate of drug-likeness (QED) is 0.482. The highest BCUT2D eigenvalue weighted by Crippen LogP contribution is 2.52. The number of allylic oxidation sites excluding steroid dienone is 2. The van der Waals surface area contributed by atoms with E-state index in [1.807, 2.05) is 98.8 Å². The van der Waals surface area contributed by atoms with Crippen molar-refractivity contribution in [3.63, 3.8) is 0 Å². The third-order valence-electron chi connectivity index (χ3n) is 6.84. The number of aliphatic carboxylic acids is 2. The zero-order valence-electron chi connectivity index (χ0n) is 18.9. The van der Waals surface area contributed by atoms with Crippen molar-refractivity contribution in [2.45, 2.75) is 32.1 Å². The van der Waals surface area contributed by atoms with Crippen LogP contribution >= 0.6 is 0 Å². The first-order chi connectivity index (χ1) is 15.8. The van der Waals surface area contributed by atoms with E-state index in [2.05, 4.69) is 0 Å². The summed E-state index contributed by atoms with van der Waals surface area (Å²) in [5, 5.41) is 21.0. The van der Waals surface area contributed by atoms with Crippen LogP contribution in [0.25, 0.3) is 5.57 Å². The van der Waals surface area contributed by atoms with E-state index in [9.17, 15) is 19.8 Å². The second kappa shape index (κ2) is 9.07. The number of hydrogen-bond acceptors (Lipinski definition) is 2. The molecule has 4 heteroatoms. The van der Waals surface area contributed by atoms with Gasteiger partial charge in [0.2, 0.25) is 0 Å². The molecular formula is C29H28O4. The molecule has 2 atom stereocenters. The Kier molecular flexibility index (Phi) is 6.19. The maximum atomic E-state index is 12.9. The summed E-state index contributed by atoms with van der Waals surface area (Å²) >= 11 is 0. The molecule has 33 heavy (non-hydrogen) atoms. The summed E-state index contributed by atoms with van der Waals surface area (Å²) in [6.45, 7) is 3.90. The van der Waals surface area contributed by atoms with Crippen molar-refractivity contribution in [1.82, 2.24) is 0 Å². The number of fused-ring (bicyclic) bond motifs is 1. The summed E-state index contributed by atoms with van der Waals surface area (Å²) in [6.07, 6.45) is 2.40. The predicted molar refractivity (Wildman–Crippen MR) is 129 cm³/mol. The highest BCUT2D eigenvalue weighted by atomic mass is 16.4. The first-order valence-corrected chi connectivity index (χ1v) is 11.2. The van der Waals surface area contributed by atoms with Crippen LogP contribution in [0.1, 0.15) is 34.7 Å². The van der Waals surface area contributed by atoms with E-state index >= 15 is 0 Å². The molecule has 0 amide bonds. The van der Waals surface area contributed by atoms with Gasteiger partial charge in [0.1, 0.15) is 0 Å². The molecule has 2 N–H and O–H groups in total. The Balaban J connectivity index is 1.95. The van der Waals surface area contributed by atoms with E-state index in [0.29, 0.717) is 0 Å². The smallest absolute Gasteiger partial charge is 0.308 e. The molecule has 0 heterocycles. The van der Waals surface area contributed by atoms with Gasteiger partial charge in [0.25, 0.3) is 0 Å². The second-order valence-corrected chi connectivity index (χ2v) is 8.97. The van der Waals surface area contributed by atoms with Crippen LogP contribution in [0.3, 0.4) is 0 Å². The summed E-state index contributed by atoms with van der Waals surface area (Å²) in [5.74, 6) is -3.86. The number of rotatable bonds is 8. The van der Waals surface area contributed by atoms with Crippen LogP contribution in [0.15, 0.2) is 84.9 Å². The largest absolute Gasteiger partial charge is 0.481 e. The standard InChI is InChI=1S/C29H28O4/c1-19-13-14-23-20(2)18-29(24(23)15-19,25(27(30)31)16-21-9-5-3-6-10-21)26(28(32)33)17-22-11-7-4-8-12-22/h3-15,18,25-26H,16-17H2,1-2H3,(H,30,31)(H,32,33). The van der Waals surface area contributed by atoms with E-state index in [4.69, 9.17) is 0 Å². The SMILES string of the molecule is CC1=CC(C(Cc2ccccc2)C(=O)O)(C(Cc2ccccc2)C(=O)O)c2cc(C)ccc21. The van der Waals surface area contributed by atoms with Crippen LogP contribution in [0.4, 0.5) is 0 Å². The topological polar surface area (TPSA) is 74.6 Å². The molecule has 4 rings (SSSR count). The molecule has 0 aromatic heterocycles. The summed E-state index contributed by atoms with van der Waals surface area (Å²) < 4.78 is 0. The highest BCUT2D eigenvalue weighted by Gasteiger charge is 2.54. The minimum atomic E-state index is -1.19. The Morgan fingerprint density at radius 1 is 0.758 bits per heavy atom. The molecule has 4 nitrogen and oxygen atoms in total. The molecule has 0 saturated heterocycles. The molecule has 1 aliphatic rings. The van der Waals surface area contributed by atoms with Crippen LogP contribution in [-0.4, -0.2) is 22.2 Å². The van der Waals surface area contributed by atoms with Gasteiger partial charge in [-0.2, -0.15) is 0 Å². The van der Waals surface area contributed by atoms with E-state index < -0.39 is 29.2 Å². The summed E-state index contributed by atoms with van der Waals surface area (Å²) in [4.78, 5) is 25.7. The molecule has 1 aliphatic carbocycles. The maximum Gasteiger partial charge on any atom is 0.308 e. The van der Waals surface area contributed by atoms with Gasteiger partial charge in [-0.15, -0.1) is 0 Å². The van der Waals surface area contributed by atoms with Gasteiger partial charge in [0.15, 0.2) is 0 Å². The van der Waals surface area contributed by atoms with Gasteiger partial charge in [0, 0.05) is 5.41 Å². The predicted octanol–water partition coefficient (Wildman–Crippen LogP) is 5.54. The molecule has 168 valence electrons. The van der Waals surface area contributed by atoms with Crippen LogP contribution in [0, 0.1) is 18.8 Å². The molecule has 0 radical (unpaired) electrons. The molecule has 0 aliphatic heterocycles. The first-order valence-electron chi connectivity index (χ1n) is 11.2. The van der Waals surface area contributed by atoms with Crippen LogP contribution in [0.2, 0.25) is 0 Å². The molecular weight excluding hydrogens is 412 g/mol. The second-order valence-electron chi connectivity index (χ2n) is 8.97. The summed E-state index contributed by atoms with van der Waals surface area (Å²) in [6, 6.07) is 24.9. The van der Waals surface area contributed by atoms with E-state index in [1.165, 1.54) is 0 Å². The molecule has 2 unspecified atom stereocenters. The van der Waals surface area contributed by atoms with Crippen molar-refractivity contribution >= 4 is 17.5 Å². The fourth-order valence-electron chi connectivity index (χ4n) is 5.31.